The number of benzene rings is 2. The first-order chi connectivity index (χ1) is 13.8. The molecule has 0 aliphatic rings. The molecule has 10 heteroatoms. The molecular formula is C19H16N4O6. The minimum atomic E-state index is -1.16. The maximum Gasteiger partial charge on any atom is 0.338 e. The van der Waals surface area contributed by atoms with Crippen molar-refractivity contribution in [3.8, 4) is 11.5 Å². The van der Waals surface area contributed by atoms with Crippen LogP contribution < -0.4 is 10.1 Å². The van der Waals surface area contributed by atoms with E-state index in [4.69, 9.17) is 9.84 Å². The van der Waals surface area contributed by atoms with Crippen LogP contribution in [-0.2, 0) is 11.3 Å². The van der Waals surface area contributed by atoms with Crippen LogP contribution >= 0.6 is 0 Å². The van der Waals surface area contributed by atoms with Gasteiger partial charge in [0, 0.05) is 18.3 Å². The fourth-order valence-electron chi connectivity index (χ4n) is 2.54. The number of carbonyl (C=O) groups is 2. The van der Waals surface area contributed by atoms with Gasteiger partial charge in [-0.05, 0) is 24.6 Å². The van der Waals surface area contributed by atoms with Crippen LogP contribution in [0.1, 0.15) is 15.9 Å². The SMILES string of the molecule is Cc1cccc(Oc2cc(NC(=O)Cn3cc(C(=O)O)cn3)cc([N+](=O)[O-])c2)c1. The van der Waals surface area contributed by atoms with Crippen LogP contribution in [0.2, 0.25) is 0 Å². The van der Waals surface area contributed by atoms with Crippen LogP contribution in [0.25, 0.3) is 0 Å². The van der Waals surface area contributed by atoms with Crippen molar-refractivity contribution in [3.05, 3.63) is 76.1 Å². The highest BCUT2D eigenvalue weighted by Crippen LogP contribution is 2.30. The van der Waals surface area contributed by atoms with Gasteiger partial charge in [0.1, 0.15) is 18.0 Å². The maximum atomic E-state index is 12.2. The number of rotatable bonds is 7. The largest absolute Gasteiger partial charge is 0.478 e. The van der Waals surface area contributed by atoms with Crippen LogP contribution in [0, 0.1) is 17.0 Å². The van der Waals surface area contributed by atoms with E-state index in [0.717, 1.165) is 16.4 Å². The summed E-state index contributed by atoms with van der Waals surface area (Å²) in [5.74, 6) is -1.01. The number of ether oxygens (including phenoxy) is 1. The van der Waals surface area contributed by atoms with E-state index in [1.165, 1.54) is 24.4 Å². The van der Waals surface area contributed by atoms with Crippen molar-refractivity contribution in [1.29, 1.82) is 0 Å². The van der Waals surface area contributed by atoms with Crippen molar-refractivity contribution >= 4 is 23.3 Å². The molecule has 0 bridgehead atoms. The Morgan fingerprint density at radius 3 is 2.69 bits per heavy atom. The molecule has 0 aliphatic heterocycles. The summed E-state index contributed by atoms with van der Waals surface area (Å²) >= 11 is 0. The Labute approximate surface area is 164 Å². The Kier molecular flexibility index (Phi) is 5.54. The zero-order valence-corrected chi connectivity index (χ0v) is 15.2. The number of amides is 1. The number of aromatic nitrogens is 2. The van der Waals surface area contributed by atoms with Crippen molar-refractivity contribution in [2.75, 3.05) is 5.32 Å². The molecule has 3 aromatic rings. The highest BCUT2D eigenvalue weighted by molar-refractivity contribution is 5.91. The molecule has 29 heavy (non-hydrogen) atoms. The second kappa shape index (κ2) is 8.21. The van der Waals surface area contributed by atoms with E-state index in [2.05, 4.69) is 10.4 Å². The van der Waals surface area contributed by atoms with Crippen LogP contribution in [0.15, 0.2) is 54.9 Å². The van der Waals surface area contributed by atoms with E-state index in [-0.39, 0.29) is 29.2 Å². The Morgan fingerprint density at radius 2 is 2.03 bits per heavy atom. The van der Waals surface area contributed by atoms with Crippen LogP contribution in [0.5, 0.6) is 11.5 Å². The van der Waals surface area contributed by atoms with Gasteiger partial charge < -0.3 is 15.2 Å². The van der Waals surface area contributed by atoms with Gasteiger partial charge in [-0.3, -0.25) is 19.6 Å². The van der Waals surface area contributed by atoms with Gasteiger partial charge in [0.05, 0.1) is 28.4 Å². The van der Waals surface area contributed by atoms with Crippen molar-refractivity contribution in [1.82, 2.24) is 9.78 Å². The average Bonchev–Trinajstić information content (AvgIpc) is 3.10. The maximum absolute atomic E-state index is 12.2. The van der Waals surface area contributed by atoms with Gasteiger partial charge in [0.2, 0.25) is 5.91 Å². The molecule has 0 radical (unpaired) electrons. The predicted octanol–water partition coefficient (Wildman–Crippen LogP) is 3.23. The summed E-state index contributed by atoms with van der Waals surface area (Å²) in [7, 11) is 0. The van der Waals surface area contributed by atoms with Gasteiger partial charge in [-0.2, -0.15) is 5.10 Å². The van der Waals surface area contributed by atoms with Crippen molar-refractivity contribution < 1.29 is 24.4 Å². The highest BCUT2D eigenvalue weighted by Gasteiger charge is 2.14. The lowest BCUT2D eigenvalue weighted by atomic mass is 10.2. The predicted molar refractivity (Wildman–Crippen MR) is 102 cm³/mol. The lowest BCUT2D eigenvalue weighted by molar-refractivity contribution is -0.384. The number of carboxylic acids is 1. The summed E-state index contributed by atoms with van der Waals surface area (Å²) in [6.45, 7) is 1.63. The molecule has 2 aromatic carbocycles. The summed E-state index contributed by atoms with van der Waals surface area (Å²) in [6, 6.07) is 11.1. The smallest absolute Gasteiger partial charge is 0.338 e. The zero-order chi connectivity index (χ0) is 21.0. The first-order valence-electron chi connectivity index (χ1n) is 8.40. The Morgan fingerprint density at radius 1 is 1.24 bits per heavy atom. The van der Waals surface area contributed by atoms with E-state index in [1.54, 1.807) is 18.2 Å². The number of non-ortho nitro benzene ring substituents is 1. The number of anilines is 1. The summed E-state index contributed by atoms with van der Waals surface area (Å²) < 4.78 is 6.83. The van der Waals surface area contributed by atoms with Gasteiger partial charge in [-0.25, -0.2) is 4.79 Å². The lowest BCUT2D eigenvalue weighted by Crippen LogP contribution is -2.19. The standard InChI is InChI=1S/C19H16N4O6/c1-12-3-2-4-16(5-12)29-17-7-14(6-15(8-17)23(27)28)21-18(24)11-22-10-13(9-20-22)19(25)26/h2-10H,11H2,1H3,(H,21,24)(H,25,26). The van der Waals surface area contributed by atoms with Gasteiger partial charge >= 0.3 is 5.97 Å². The quantitative estimate of drug-likeness (QED) is 0.462. The second-order valence-electron chi connectivity index (χ2n) is 6.17. The molecule has 0 atom stereocenters. The summed E-state index contributed by atoms with van der Waals surface area (Å²) in [6.07, 6.45) is 2.33. The van der Waals surface area contributed by atoms with Crippen molar-refractivity contribution in [2.45, 2.75) is 13.5 Å². The van der Waals surface area contributed by atoms with Gasteiger partial charge in [-0.1, -0.05) is 12.1 Å². The van der Waals surface area contributed by atoms with E-state index in [1.807, 2.05) is 13.0 Å². The third-order valence-electron chi connectivity index (χ3n) is 3.80. The molecule has 0 unspecified atom stereocenters. The number of nitrogens with one attached hydrogen (secondary N) is 1. The molecule has 1 aromatic heterocycles. The molecule has 148 valence electrons. The molecule has 0 saturated carbocycles. The summed E-state index contributed by atoms with van der Waals surface area (Å²) in [4.78, 5) is 33.7. The summed E-state index contributed by atoms with van der Waals surface area (Å²) in [5, 5.41) is 26.4. The molecule has 2 N–H and O–H groups in total. The number of nitrogens with zero attached hydrogens (tertiary/aromatic N) is 3. The van der Waals surface area contributed by atoms with Crippen LogP contribution in [0.3, 0.4) is 0 Å². The number of hydrogen-bond donors (Lipinski definition) is 2. The molecule has 3 rings (SSSR count). The normalized spacial score (nSPS) is 10.4. The summed E-state index contributed by atoms with van der Waals surface area (Å²) in [5.41, 5.74) is 0.818. The number of nitro groups is 1. The van der Waals surface area contributed by atoms with Crippen LogP contribution in [-0.4, -0.2) is 31.7 Å². The Hall–Kier alpha value is -4.21. The number of nitro benzene ring substituents is 1. The average molecular weight is 396 g/mol. The zero-order valence-electron chi connectivity index (χ0n) is 15.2. The van der Waals surface area contributed by atoms with Gasteiger partial charge in [-0.15, -0.1) is 0 Å². The van der Waals surface area contributed by atoms with E-state index in [9.17, 15) is 19.7 Å². The Bertz CT molecular complexity index is 1090. The Balaban J connectivity index is 1.78. The lowest BCUT2D eigenvalue weighted by Gasteiger charge is -2.10. The minimum absolute atomic E-state index is 0.0537. The number of carboxylic acid groups (broad SMARTS) is 1. The monoisotopic (exact) mass is 396 g/mol. The van der Waals surface area contributed by atoms with Gasteiger partial charge in [0.25, 0.3) is 5.69 Å². The molecule has 0 saturated heterocycles. The number of hydrogen-bond acceptors (Lipinski definition) is 6. The fraction of sp³-hybridized carbons (Fsp3) is 0.105. The van der Waals surface area contributed by atoms with Crippen LogP contribution in [0.4, 0.5) is 11.4 Å². The third kappa shape index (κ3) is 5.16. The van der Waals surface area contributed by atoms with E-state index in [0.29, 0.717) is 5.75 Å². The number of carbonyl (C=O) groups excluding carboxylic acids is 1. The second-order valence-corrected chi connectivity index (χ2v) is 6.17. The molecule has 1 heterocycles. The van der Waals surface area contributed by atoms with Gasteiger partial charge in [0.15, 0.2) is 0 Å². The molecule has 0 fully saturated rings. The third-order valence-corrected chi connectivity index (χ3v) is 3.80. The molecule has 0 aliphatic carbocycles. The fourth-order valence-corrected chi connectivity index (χ4v) is 2.54. The first-order valence-corrected chi connectivity index (χ1v) is 8.40. The highest BCUT2D eigenvalue weighted by atomic mass is 16.6. The topological polar surface area (TPSA) is 137 Å². The number of aryl methyl sites for hydroxylation is 1. The minimum Gasteiger partial charge on any atom is -0.478 e. The first kappa shape index (κ1) is 19.5. The van der Waals surface area contributed by atoms with Crippen molar-refractivity contribution in [2.24, 2.45) is 0 Å². The molecule has 1 amide bonds. The van der Waals surface area contributed by atoms with E-state index >= 15 is 0 Å². The number of aromatic carboxylic acids is 1. The molecule has 0 spiro atoms. The molecule has 10 nitrogen and oxygen atoms in total. The van der Waals surface area contributed by atoms with E-state index < -0.39 is 16.8 Å². The molecular weight excluding hydrogens is 380 g/mol. The van der Waals surface area contributed by atoms with Crippen molar-refractivity contribution in [3.63, 3.8) is 0 Å².